The zero-order valence-corrected chi connectivity index (χ0v) is 12.0. The third-order valence-electron chi connectivity index (χ3n) is 3.60. The topological polar surface area (TPSA) is 35.5 Å². The molecule has 1 saturated heterocycles. The average molecular weight is 242 g/mol. The molecule has 0 saturated carbocycles. The lowest BCUT2D eigenvalue weighted by molar-refractivity contribution is -0.285. The number of cyclic esters (lactones) is 1. The SMILES string of the molecule is CCCC[C@@]1(C)O[C@H](C(C)(C)C)OC(=O)[C@@H]1C. The Morgan fingerprint density at radius 1 is 1.35 bits per heavy atom. The zero-order valence-electron chi connectivity index (χ0n) is 12.0. The summed E-state index contributed by atoms with van der Waals surface area (Å²) in [6, 6.07) is 0. The van der Waals surface area contributed by atoms with Gasteiger partial charge >= 0.3 is 5.97 Å². The van der Waals surface area contributed by atoms with E-state index < -0.39 is 6.29 Å². The summed E-state index contributed by atoms with van der Waals surface area (Å²) in [4.78, 5) is 11.9. The predicted molar refractivity (Wildman–Crippen MR) is 67.5 cm³/mol. The first-order valence-electron chi connectivity index (χ1n) is 6.59. The summed E-state index contributed by atoms with van der Waals surface area (Å²) in [6.45, 7) is 12.2. The molecule has 0 spiro atoms. The summed E-state index contributed by atoms with van der Waals surface area (Å²) >= 11 is 0. The zero-order chi connectivity index (χ0) is 13.3. The van der Waals surface area contributed by atoms with Crippen LogP contribution in [0.2, 0.25) is 0 Å². The van der Waals surface area contributed by atoms with Crippen molar-refractivity contribution in [2.45, 2.75) is 72.7 Å². The summed E-state index contributed by atoms with van der Waals surface area (Å²) in [5.41, 5.74) is -0.563. The number of hydrogen-bond donors (Lipinski definition) is 0. The Balaban J connectivity index is 2.84. The Kier molecular flexibility index (Phi) is 4.23. The second-order valence-electron chi connectivity index (χ2n) is 6.39. The number of unbranched alkanes of at least 4 members (excludes halogenated alkanes) is 1. The van der Waals surface area contributed by atoms with E-state index in [0.717, 1.165) is 19.3 Å². The molecule has 1 fully saturated rings. The predicted octanol–water partition coefficient (Wildman–Crippen LogP) is 3.52. The first kappa shape index (κ1) is 14.5. The first-order chi connectivity index (χ1) is 7.70. The highest BCUT2D eigenvalue weighted by Gasteiger charge is 2.48. The van der Waals surface area contributed by atoms with E-state index in [0.29, 0.717) is 0 Å². The van der Waals surface area contributed by atoms with Crippen LogP contribution in [0.4, 0.5) is 0 Å². The fourth-order valence-electron chi connectivity index (χ4n) is 1.98. The van der Waals surface area contributed by atoms with E-state index in [4.69, 9.17) is 9.47 Å². The molecule has 0 radical (unpaired) electrons. The van der Waals surface area contributed by atoms with E-state index in [2.05, 4.69) is 6.92 Å². The van der Waals surface area contributed by atoms with Gasteiger partial charge in [-0.05, 0) is 20.3 Å². The summed E-state index contributed by atoms with van der Waals surface area (Å²) in [6.07, 6.45) is 2.66. The minimum atomic E-state index is -0.437. The molecule has 3 heteroatoms. The first-order valence-corrected chi connectivity index (χ1v) is 6.59. The summed E-state index contributed by atoms with van der Waals surface area (Å²) in [5, 5.41) is 0. The van der Waals surface area contributed by atoms with Crippen LogP contribution in [0.5, 0.6) is 0 Å². The molecule has 1 aliphatic heterocycles. The molecule has 1 aliphatic rings. The number of hydrogen-bond acceptors (Lipinski definition) is 3. The van der Waals surface area contributed by atoms with Crippen molar-refractivity contribution in [3.63, 3.8) is 0 Å². The van der Waals surface area contributed by atoms with Crippen LogP contribution in [0.15, 0.2) is 0 Å². The fraction of sp³-hybridized carbons (Fsp3) is 0.929. The fourth-order valence-corrected chi connectivity index (χ4v) is 1.98. The van der Waals surface area contributed by atoms with Crippen molar-refractivity contribution < 1.29 is 14.3 Å². The minimum Gasteiger partial charge on any atom is -0.435 e. The maximum atomic E-state index is 11.9. The molecule has 1 rings (SSSR count). The van der Waals surface area contributed by atoms with Crippen LogP contribution in [-0.2, 0) is 14.3 Å². The van der Waals surface area contributed by atoms with E-state index >= 15 is 0 Å². The highest BCUT2D eigenvalue weighted by Crippen LogP contribution is 2.39. The maximum absolute atomic E-state index is 11.9. The van der Waals surface area contributed by atoms with Gasteiger partial charge in [0.2, 0.25) is 6.29 Å². The van der Waals surface area contributed by atoms with E-state index in [1.807, 2.05) is 34.6 Å². The summed E-state index contributed by atoms with van der Waals surface area (Å²) < 4.78 is 11.5. The molecule has 0 aromatic carbocycles. The summed E-state index contributed by atoms with van der Waals surface area (Å²) in [7, 11) is 0. The average Bonchev–Trinajstić information content (AvgIpc) is 2.21. The number of esters is 1. The van der Waals surface area contributed by atoms with Gasteiger partial charge in [0, 0.05) is 5.41 Å². The van der Waals surface area contributed by atoms with Crippen LogP contribution in [0, 0.1) is 11.3 Å². The van der Waals surface area contributed by atoms with Gasteiger partial charge in [0.25, 0.3) is 0 Å². The second-order valence-corrected chi connectivity index (χ2v) is 6.39. The molecule has 0 aromatic rings. The molecule has 0 N–H and O–H groups in total. The highest BCUT2D eigenvalue weighted by atomic mass is 16.7. The molecule has 3 nitrogen and oxygen atoms in total. The Morgan fingerprint density at radius 3 is 2.41 bits per heavy atom. The van der Waals surface area contributed by atoms with Gasteiger partial charge < -0.3 is 9.47 Å². The molecule has 0 aromatic heterocycles. The van der Waals surface area contributed by atoms with Crippen LogP contribution >= 0.6 is 0 Å². The van der Waals surface area contributed by atoms with Gasteiger partial charge in [-0.15, -0.1) is 0 Å². The number of ether oxygens (including phenoxy) is 2. The Labute approximate surface area is 105 Å². The lowest BCUT2D eigenvalue weighted by Crippen LogP contribution is -2.54. The quantitative estimate of drug-likeness (QED) is 0.710. The molecule has 1 heterocycles. The van der Waals surface area contributed by atoms with Gasteiger partial charge in [-0.25, -0.2) is 0 Å². The van der Waals surface area contributed by atoms with Gasteiger partial charge in [0.15, 0.2) is 0 Å². The van der Waals surface area contributed by atoms with Crippen LogP contribution in [-0.4, -0.2) is 17.9 Å². The van der Waals surface area contributed by atoms with Crippen molar-refractivity contribution in [3.05, 3.63) is 0 Å². The minimum absolute atomic E-state index is 0.130. The van der Waals surface area contributed by atoms with Crippen LogP contribution < -0.4 is 0 Å². The van der Waals surface area contributed by atoms with Crippen LogP contribution in [0.3, 0.4) is 0 Å². The lowest BCUT2D eigenvalue weighted by atomic mass is 9.83. The van der Waals surface area contributed by atoms with Gasteiger partial charge in [-0.3, -0.25) is 4.79 Å². The molecule has 17 heavy (non-hydrogen) atoms. The number of rotatable bonds is 3. The Hall–Kier alpha value is -0.570. The molecular weight excluding hydrogens is 216 g/mol. The maximum Gasteiger partial charge on any atom is 0.313 e. The monoisotopic (exact) mass is 242 g/mol. The lowest BCUT2D eigenvalue weighted by Gasteiger charge is -2.46. The highest BCUT2D eigenvalue weighted by molar-refractivity contribution is 5.74. The standard InChI is InChI=1S/C14H26O3/c1-7-8-9-14(6)10(2)11(15)16-12(17-14)13(3,4)5/h10,12H,7-9H2,1-6H3/t10-,12+,14+/m0/s1. The van der Waals surface area contributed by atoms with Crippen molar-refractivity contribution in [2.24, 2.45) is 11.3 Å². The third-order valence-corrected chi connectivity index (χ3v) is 3.60. The molecule has 0 aliphatic carbocycles. The van der Waals surface area contributed by atoms with Crippen LogP contribution in [0.25, 0.3) is 0 Å². The third kappa shape index (κ3) is 3.21. The largest absolute Gasteiger partial charge is 0.435 e. The van der Waals surface area contributed by atoms with Gasteiger partial charge in [0.1, 0.15) is 0 Å². The van der Waals surface area contributed by atoms with Crippen molar-refractivity contribution in [2.75, 3.05) is 0 Å². The normalized spacial score (nSPS) is 34.6. The van der Waals surface area contributed by atoms with Crippen molar-refractivity contribution in [3.8, 4) is 0 Å². The van der Waals surface area contributed by atoms with Crippen molar-refractivity contribution in [1.82, 2.24) is 0 Å². The van der Waals surface area contributed by atoms with Gasteiger partial charge in [-0.2, -0.15) is 0 Å². The van der Waals surface area contributed by atoms with E-state index in [1.54, 1.807) is 0 Å². The van der Waals surface area contributed by atoms with E-state index in [9.17, 15) is 4.79 Å². The van der Waals surface area contributed by atoms with Crippen molar-refractivity contribution in [1.29, 1.82) is 0 Å². The Bertz CT molecular complexity index is 280. The van der Waals surface area contributed by atoms with Crippen molar-refractivity contribution >= 4 is 5.97 Å². The second kappa shape index (κ2) is 4.97. The number of carbonyl (C=O) groups excluding carboxylic acids is 1. The van der Waals surface area contributed by atoms with E-state index in [1.165, 1.54) is 0 Å². The molecule has 0 unspecified atom stereocenters. The molecular formula is C14H26O3. The molecule has 0 amide bonds. The molecule has 3 atom stereocenters. The summed E-state index contributed by atoms with van der Waals surface area (Å²) in [5.74, 6) is -0.317. The van der Waals surface area contributed by atoms with Gasteiger partial charge in [0.05, 0.1) is 11.5 Å². The molecule has 100 valence electrons. The van der Waals surface area contributed by atoms with E-state index in [-0.39, 0.29) is 22.9 Å². The smallest absolute Gasteiger partial charge is 0.313 e. The Morgan fingerprint density at radius 2 is 1.94 bits per heavy atom. The number of carbonyl (C=O) groups is 1. The molecule has 0 bridgehead atoms. The van der Waals surface area contributed by atoms with Gasteiger partial charge in [-0.1, -0.05) is 40.5 Å². The van der Waals surface area contributed by atoms with Crippen LogP contribution in [0.1, 0.15) is 60.8 Å².